The lowest BCUT2D eigenvalue weighted by Gasteiger charge is -2.41. The first-order chi connectivity index (χ1) is 24.5. The lowest BCUT2D eigenvalue weighted by atomic mass is 9.82. The summed E-state index contributed by atoms with van der Waals surface area (Å²) in [6, 6.07) is 10.5. The molecule has 0 aliphatic carbocycles. The van der Waals surface area contributed by atoms with E-state index in [-0.39, 0.29) is 37.4 Å². The van der Waals surface area contributed by atoms with E-state index in [2.05, 4.69) is 10.6 Å². The molecule has 52 heavy (non-hydrogen) atoms. The lowest BCUT2D eigenvalue weighted by molar-refractivity contribution is -0.142. The van der Waals surface area contributed by atoms with Crippen molar-refractivity contribution in [1.29, 1.82) is 0 Å². The van der Waals surface area contributed by atoms with Gasteiger partial charge in [-0.1, -0.05) is 58.0 Å². The number of carboxylic acid groups (broad SMARTS) is 1. The number of nitrogens with zero attached hydrogens (tertiary/aromatic N) is 3. The molecule has 0 saturated carbocycles. The number of nitrogens with two attached hydrogens (primary N) is 1. The summed E-state index contributed by atoms with van der Waals surface area (Å²) in [7, 11) is 1.43. The first-order valence-electron chi connectivity index (χ1n) is 16.9. The SMILES string of the molecule is CCC(=O)N(C)CC(=O)NCC(NC(=O)C(N)CCN(C(=O)CO)C(c1cc(-c2cc(F)ccc2F)cn1Cc1ccccc1)C(C)(C)C)C(=O)O. The summed E-state index contributed by atoms with van der Waals surface area (Å²) in [6.45, 7) is 5.74. The summed E-state index contributed by atoms with van der Waals surface area (Å²) in [5.41, 5.74) is 7.29. The van der Waals surface area contributed by atoms with Crippen molar-refractivity contribution in [3.05, 3.63) is 83.7 Å². The van der Waals surface area contributed by atoms with Gasteiger partial charge in [0.05, 0.1) is 18.6 Å². The summed E-state index contributed by atoms with van der Waals surface area (Å²) in [4.78, 5) is 65.0. The zero-order valence-electron chi connectivity index (χ0n) is 30.1. The smallest absolute Gasteiger partial charge is 0.328 e. The fourth-order valence-corrected chi connectivity index (χ4v) is 5.83. The molecule has 3 aromatic rings. The third-order valence-electron chi connectivity index (χ3n) is 8.48. The van der Waals surface area contributed by atoms with Crippen LogP contribution in [0.5, 0.6) is 0 Å². The number of aliphatic carboxylic acids is 1. The number of nitrogens with one attached hydrogen (secondary N) is 2. The molecule has 0 bridgehead atoms. The number of carbonyl (C=O) groups is 5. The minimum Gasteiger partial charge on any atom is -0.480 e. The van der Waals surface area contributed by atoms with Crippen LogP contribution in [-0.4, -0.2) is 99.6 Å². The zero-order valence-corrected chi connectivity index (χ0v) is 30.1. The van der Waals surface area contributed by atoms with Crippen LogP contribution in [0.4, 0.5) is 8.78 Å². The highest BCUT2D eigenvalue weighted by atomic mass is 19.1. The van der Waals surface area contributed by atoms with Gasteiger partial charge in [0.25, 0.3) is 0 Å². The second-order valence-corrected chi connectivity index (χ2v) is 13.6. The number of benzene rings is 2. The molecule has 2 aromatic carbocycles. The molecule has 3 rings (SSSR count). The molecule has 0 fully saturated rings. The Kier molecular flexibility index (Phi) is 14.6. The Morgan fingerprint density at radius 2 is 1.67 bits per heavy atom. The van der Waals surface area contributed by atoms with Gasteiger partial charge in [0, 0.05) is 56.1 Å². The topological polar surface area (TPSA) is 187 Å². The molecule has 0 radical (unpaired) electrons. The summed E-state index contributed by atoms with van der Waals surface area (Å²) >= 11 is 0. The van der Waals surface area contributed by atoms with Crippen LogP contribution < -0.4 is 16.4 Å². The van der Waals surface area contributed by atoms with E-state index in [0.29, 0.717) is 17.8 Å². The molecule has 4 amide bonds. The molecule has 15 heteroatoms. The number of halogens is 2. The highest BCUT2D eigenvalue weighted by molar-refractivity contribution is 5.88. The van der Waals surface area contributed by atoms with E-state index >= 15 is 4.39 Å². The van der Waals surface area contributed by atoms with Crippen LogP contribution in [0, 0.1) is 17.0 Å². The van der Waals surface area contributed by atoms with E-state index in [1.54, 1.807) is 19.2 Å². The van der Waals surface area contributed by atoms with Crippen molar-refractivity contribution in [2.75, 3.05) is 33.3 Å². The molecule has 1 heterocycles. The van der Waals surface area contributed by atoms with Gasteiger partial charge in [-0.25, -0.2) is 13.6 Å². The van der Waals surface area contributed by atoms with Gasteiger partial charge in [0.15, 0.2) is 0 Å². The van der Waals surface area contributed by atoms with Gasteiger partial charge >= 0.3 is 5.97 Å². The Morgan fingerprint density at radius 3 is 2.27 bits per heavy atom. The number of likely N-dealkylation sites (N-methyl/N-ethyl adjacent to an activating group) is 1. The van der Waals surface area contributed by atoms with Gasteiger partial charge in [0.2, 0.25) is 23.6 Å². The number of amides is 4. The molecular formula is C37H48F2N6O7. The number of rotatable bonds is 17. The normalized spacial score (nSPS) is 13.1. The average molecular weight is 727 g/mol. The Hall–Kier alpha value is -5.15. The average Bonchev–Trinajstić information content (AvgIpc) is 3.49. The number of carbonyl (C=O) groups excluding carboxylic acids is 4. The Bertz CT molecular complexity index is 1730. The van der Waals surface area contributed by atoms with Gasteiger partial charge in [-0.15, -0.1) is 0 Å². The Balaban J connectivity index is 1.89. The molecule has 13 nitrogen and oxygen atoms in total. The van der Waals surface area contributed by atoms with Crippen molar-refractivity contribution in [3.8, 4) is 11.1 Å². The van der Waals surface area contributed by atoms with Crippen molar-refractivity contribution < 1.29 is 43.0 Å². The van der Waals surface area contributed by atoms with Crippen LogP contribution in [0.15, 0.2) is 60.8 Å². The van der Waals surface area contributed by atoms with Crippen LogP contribution >= 0.6 is 0 Å². The molecular weight excluding hydrogens is 678 g/mol. The fraction of sp³-hybridized carbons (Fsp3) is 0.432. The van der Waals surface area contributed by atoms with Crippen LogP contribution in [0.25, 0.3) is 11.1 Å². The highest BCUT2D eigenvalue weighted by Gasteiger charge is 2.37. The zero-order chi connectivity index (χ0) is 38.7. The molecule has 282 valence electrons. The molecule has 6 N–H and O–H groups in total. The molecule has 0 saturated heterocycles. The predicted molar refractivity (Wildman–Crippen MR) is 189 cm³/mol. The number of aliphatic hydroxyl groups is 1. The van der Waals surface area contributed by atoms with Crippen molar-refractivity contribution in [1.82, 2.24) is 25.0 Å². The quantitative estimate of drug-likeness (QED) is 0.141. The Morgan fingerprint density at radius 1 is 1.00 bits per heavy atom. The van der Waals surface area contributed by atoms with E-state index in [9.17, 15) is 38.6 Å². The van der Waals surface area contributed by atoms with E-state index in [1.807, 2.05) is 55.7 Å². The van der Waals surface area contributed by atoms with Gasteiger partial charge in [-0.3, -0.25) is 19.2 Å². The standard InChI is InChI=1S/C37H48F2N6O7/c1-6-32(48)43(5)21-31(47)41-18-29(36(51)52)42-35(50)28(40)14-15-45(33(49)22-46)34(37(2,3)4)30-16-24(26-17-25(38)12-13-27(26)39)20-44(30)19-23-10-8-7-9-11-23/h7-13,16-17,20,28-29,34,46H,6,14-15,18-19,21-22,40H2,1-5H3,(H,41,47)(H,42,50)(H,51,52). The molecule has 3 unspecified atom stereocenters. The first-order valence-corrected chi connectivity index (χ1v) is 16.9. The molecule has 0 spiro atoms. The summed E-state index contributed by atoms with van der Waals surface area (Å²) in [5, 5.41) is 24.4. The third-order valence-corrected chi connectivity index (χ3v) is 8.48. The maximum Gasteiger partial charge on any atom is 0.328 e. The van der Waals surface area contributed by atoms with E-state index in [4.69, 9.17) is 5.73 Å². The minimum absolute atomic E-state index is 0.0186. The van der Waals surface area contributed by atoms with E-state index in [0.717, 1.165) is 23.8 Å². The van der Waals surface area contributed by atoms with E-state index < -0.39 is 72.0 Å². The number of aliphatic hydroxyl groups excluding tert-OH is 1. The van der Waals surface area contributed by atoms with Crippen molar-refractivity contribution in [2.24, 2.45) is 11.1 Å². The molecule has 3 atom stereocenters. The van der Waals surface area contributed by atoms with Crippen molar-refractivity contribution in [3.63, 3.8) is 0 Å². The van der Waals surface area contributed by atoms with Crippen LogP contribution in [-0.2, 0) is 30.5 Å². The maximum atomic E-state index is 15.0. The van der Waals surface area contributed by atoms with Gasteiger partial charge in [-0.2, -0.15) is 0 Å². The summed E-state index contributed by atoms with van der Waals surface area (Å²) in [6.07, 6.45) is 1.70. The maximum absolute atomic E-state index is 15.0. The monoisotopic (exact) mass is 726 g/mol. The molecule has 0 aliphatic rings. The summed E-state index contributed by atoms with van der Waals surface area (Å²) < 4.78 is 31.1. The number of carboxylic acids is 1. The predicted octanol–water partition coefficient (Wildman–Crippen LogP) is 2.66. The second kappa shape index (κ2) is 18.4. The largest absolute Gasteiger partial charge is 0.480 e. The summed E-state index contributed by atoms with van der Waals surface area (Å²) in [5.74, 6) is -5.16. The highest BCUT2D eigenvalue weighted by Crippen LogP contribution is 2.41. The molecule has 1 aromatic heterocycles. The number of hydrogen-bond acceptors (Lipinski definition) is 7. The van der Waals surface area contributed by atoms with Crippen molar-refractivity contribution >= 4 is 29.6 Å². The number of aromatic nitrogens is 1. The molecule has 0 aliphatic heterocycles. The van der Waals surface area contributed by atoms with Crippen LogP contribution in [0.3, 0.4) is 0 Å². The van der Waals surface area contributed by atoms with E-state index in [1.165, 1.54) is 16.8 Å². The van der Waals surface area contributed by atoms with Crippen LogP contribution in [0.1, 0.15) is 57.8 Å². The first kappa shape index (κ1) is 41.3. The Labute approximate surface area is 301 Å². The minimum atomic E-state index is -1.55. The second-order valence-electron chi connectivity index (χ2n) is 13.6. The van der Waals surface area contributed by atoms with Gasteiger partial charge < -0.3 is 40.9 Å². The fourth-order valence-electron chi connectivity index (χ4n) is 5.83. The van der Waals surface area contributed by atoms with Gasteiger partial charge in [0.1, 0.15) is 24.3 Å². The third kappa shape index (κ3) is 11.2. The van der Waals surface area contributed by atoms with Gasteiger partial charge in [-0.05, 0) is 41.7 Å². The van der Waals surface area contributed by atoms with Crippen LogP contribution in [0.2, 0.25) is 0 Å². The lowest BCUT2D eigenvalue weighted by Crippen LogP contribution is -2.54. The van der Waals surface area contributed by atoms with Crippen molar-refractivity contribution in [2.45, 2.75) is 65.2 Å². The number of hydrogen-bond donors (Lipinski definition) is 5.